The Morgan fingerprint density at radius 2 is 2.05 bits per heavy atom. The van der Waals surface area contributed by atoms with E-state index in [-0.39, 0.29) is 5.56 Å². The van der Waals surface area contributed by atoms with Crippen molar-refractivity contribution in [2.24, 2.45) is 0 Å². The molecule has 1 aliphatic rings. The van der Waals surface area contributed by atoms with Crippen LogP contribution in [0.1, 0.15) is 16.3 Å². The van der Waals surface area contributed by atoms with Crippen LogP contribution in [0.2, 0.25) is 0 Å². The molecule has 0 saturated carbocycles. The van der Waals surface area contributed by atoms with Crippen molar-refractivity contribution in [2.45, 2.75) is 20.4 Å². The Labute approximate surface area is 115 Å². The van der Waals surface area contributed by atoms with Gasteiger partial charge in [-0.15, -0.1) is 11.3 Å². The van der Waals surface area contributed by atoms with Gasteiger partial charge in [0.25, 0.3) is 5.56 Å². The zero-order chi connectivity index (χ0) is 13.4. The van der Waals surface area contributed by atoms with Crippen molar-refractivity contribution in [2.75, 3.05) is 26.2 Å². The van der Waals surface area contributed by atoms with Crippen molar-refractivity contribution < 1.29 is 0 Å². The third-order valence-corrected chi connectivity index (χ3v) is 4.77. The first kappa shape index (κ1) is 12.8. The van der Waals surface area contributed by atoms with E-state index in [0.29, 0.717) is 0 Å². The fourth-order valence-corrected chi connectivity index (χ4v) is 3.50. The Morgan fingerprint density at radius 3 is 2.79 bits per heavy atom. The standard InChI is InChI=1S/C13H18N4OS/c1-8-9(2)19-13-11(8)12(18)15-10(16-13)7-17-5-3-14-4-6-17/h14H,3-7H2,1-2H3,(H,15,16,18). The lowest BCUT2D eigenvalue weighted by Gasteiger charge is -2.26. The maximum absolute atomic E-state index is 12.2. The van der Waals surface area contributed by atoms with Crippen LogP contribution in [0.15, 0.2) is 4.79 Å². The number of fused-ring (bicyclic) bond motifs is 1. The van der Waals surface area contributed by atoms with E-state index in [9.17, 15) is 4.79 Å². The van der Waals surface area contributed by atoms with E-state index in [1.165, 1.54) is 4.88 Å². The molecule has 1 saturated heterocycles. The van der Waals surface area contributed by atoms with Crippen molar-refractivity contribution in [1.82, 2.24) is 20.2 Å². The molecule has 3 heterocycles. The zero-order valence-electron chi connectivity index (χ0n) is 11.2. The van der Waals surface area contributed by atoms with Crippen molar-refractivity contribution in [3.05, 3.63) is 26.6 Å². The maximum atomic E-state index is 12.2. The van der Waals surface area contributed by atoms with E-state index in [4.69, 9.17) is 0 Å². The molecule has 1 aliphatic heterocycles. The third kappa shape index (κ3) is 2.43. The number of hydrogen-bond acceptors (Lipinski definition) is 5. The summed E-state index contributed by atoms with van der Waals surface area (Å²) in [6.07, 6.45) is 0. The minimum Gasteiger partial charge on any atom is -0.314 e. The summed E-state index contributed by atoms with van der Waals surface area (Å²) in [4.78, 5) is 24.0. The predicted octanol–water partition coefficient (Wildman–Crippen LogP) is 1.01. The molecule has 0 amide bonds. The van der Waals surface area contributed by atoms with E-state index in [0.717, 1.165) is 54.3 Å². The van der Waals surface area contributed by atoms with Gasteiger partial charge in [-0.1, -0.05) is 0 Å². The predicted molar refractivity (Wildman–Crippen MR) is 77.9 cm³/mol. The topological polar surface area (TPSA) is 61.0 Å². The first-order valence-corrected chi connectivity index (χ1v) is 7.39. The Morgan fingerprint density at radius 1 is 1.32 bits per heavy atom. The molecule has 0 bridgehead atoms. The summed E-state index contributed by atoms with van der Waals surface area (Å²) in [7, 11) is 0. The van der Waals surface area contributed by atoms with Crippen LogP contribution in [-0.4, -0.2) is 41.0 Å². The highest BCUT2D eigenvalue weighted by Gasteiger charge is 2.15. The number of H-pyrrole nitrogens is 1. The Kier molecular flexibility index (Phi) is 3.38. The second kappa shape index (κ2) is 5.03. The highest BCUT2D eigenvalue weighted by molar-refractivity contribution is 7.18. The summed E-state index contributed by atoms with van der Waals surface area (Å²) >= 11 is 1.61. The number of aromatic nitrogens is 2. The Hall–Kier alpha value is -1.24. The van der Waals surface area contributed by atoms with Gasteiger partial charge in [-0.25, -0.2) is 4.98 Å². The van der Waals surface area contributed by atoms with Crippen LogP contribution in [0.4, 0.5) is 0 Å². The molecule has 0 atom stereocenters. The van der Waals surface area contributed by atoms with Gasteiger partial charge < -0.3 is 10.3 Å². The summed E-state index contributed by atoms with van der Waals surface area (Å²) in [6, 6.07) is 0. The number of aryl methyl sites for hydroxylation is 2. The SMILES string of the molecule is Cc1sc2nc(CN3CCNCC3)[nH]c(=O)c2c1C. The van der Waals surface area contributed by atoms with Crippen LogP contribution < -0.4 is 10.9 Å². The molecule has 2 aromatic rings. The van der Waals surface area contributed by atoms with Gasteiger partial charge in [-0.2, -0.15) is 0 Å². The lowest BCUT2D eigenvalue weighted by molar-refractivity contribution is 0.228. The van der Waals surface area contributed by atoms with Crippen LogP contribution in [-0.2, 0) is 6.54 Å². The fourth-order valence-electron chi connectivity index (χ4n) is 2.46. The van der Waals surface area contributed by atoms with Gasteiger partial charge in [-0.3, -0.25) is 9.69 Å². The smallest absolute Gasteiger partial charge is 0.259 e. The van der Waals surface area contributed by atoms with Gasteiger partial charge in [0.05, 0.1) is 11.9 Å². The molecule has 0 spiro atoms. The molecule has 2 N–H and O–H groups in total. The van der Waals surface area contributed by atoms with E-state index in [1.807, 2.05) is 13.8 Å². The largest absolute Gasteiger partial charge is 0.314 e. The minimum absolute atomic E-state index is 0.00279. The number of hydrogen-bond donors (Lipinski definition) is 2. The first-order valence-electron chi connectivity index (χ1n) is 6.57. The Bertz CT molecular complexity index is 654. The minimum atomic E-state index is -0.00279. The van der Waals surface area contributed by atoms with Crippen molar-refractivity contribution >= 4 is 21.6 Å². The number of aromatic amines is 1. The molecule has 0 unspecified atom stereocenters. The van der Waals surface area contributed by atoms with Gasteiger partial charge >= 0.3 is 0 Å². The van der Waals surface area contributed by atoms with Crippen LogP contribution in [0.3, 0.4) is 0 Å². The van der Waals surface area contributed by atoms with Gasteiger partial charge in [0.2, 0.25) is 0 Å². The van der Waals surface area contributed by atoms with E-state index < -0.39 is 0 Å². The second-order valence-corrected chi connectivity index (χ2v) is 6.21. The number of piperazine rings is 1. The fraction of sp³-hybridized carbons (Fsp3) is 0.538. The van der Waals surface area contributed by atoms with Gasteiger partial charge in [0.1, 0.15) is 10.7 Å². The average Bonchev–Trinajstić information content (AvgIpc) is 2.66. The van der Waals surface area contributed by atoms with Crippen molar-refractivity contribution in [3.63, 3.8) is 0 Å². The quantitative estimate of drug-likeness (QED) is 0.860. The molecule has 2 aromatic heterocycles. The molecular formula is C13H18N4OS. The highest BCUT2D eigenvalue weighted by atomic mass is 32.1. The molecule has 0 aliphatic carbocycles. The highest BCUT2D eigenvalue weighted by Crippen LogP contribution is 2.25. The summed E-state index contributed by atoms with van der Waals surface area (Å²) < 4.78 is 0. The van der Waals surface area contributed by atoms with E-state index >= 15 is 0 Å². The Balaban J connectivity index is 1.94. The van der Waals surface area contributed by atoms with E-state index in [1.54, 1.807) is 11.3 Å². The number of rotatable bonds is 2. The van der Waals surface area contributed by atoms with Gasteiger partial charge in [-0.05, 0) is 19.4 Å². The zero-order valence-corrected chi connectivity index (χ0v) is 12.1. The first-order chi connectivity index (χ1) is 9.15. The summed E-state index contributed by atoms with van der Waals surface area (Å²) in [5.41, 5.74) is 1.06. The maximum Gasteiger partial charge on any atom is 0.259 e. The van der Waals surface area contributed by atoms with E-state index in [2.05, 4.69) is 20.2 Å². The summed E-state index contributed by atoms with van der Waals surface area (Å²) in [5, 5.41) is 4.08. The van der Waals surface area contributed by atoms with Crippen LogP contribution >= 0.6 is 11.3 Å². The molecule has 0 radical (unpaired) electrons. The summed E-state index contributed by atoms with van der Waals surface area (Å²) in [6.45, 7) is 8.77. The molecule has 102 valence electrons. The molecule has 19 heavy (non-hydrogen) atoms. The molecule has 3 rings (SSSR count). The normalized spacial score (nSPS) is 17.2. The number of nitrogens with zero attached hydrogens (tertiary/aromatic N) is 2. The summed E-state index contributed by atoms with van der Waals surface area (Å²) in [5.74, 6) is 0.778. The number of thiophene rings is 1. The molecule has 5 nitrogen and oxygen atoms in total. The lowest BCUT2D eigenvalue weighted by atomic mass is 10.2. The van der Waals surface area contributed by atoms with Gasteiger partial charge in [0, 0.05) is 31.1 Å². The molecule has 6 heteroatoms. The van der Waals surface area contributed by atoms with Crippen molar-refractivity contribution in [1.29, 1.82) is 0 Å². The third-order valence-electron chi connectivity index (χ3n) is 3.67. The lowest BCUT2D eigenvalue weighted by Crippen LogP contribution is -2.43. The number of nitrogens with one attached hydrogen (secondary N) is 2. The molecule has 1 fully saturated rings. The monoisotopic (exact) mass is 278 g/mol. The van der Waals surface area contributed by atoms with Gasteiger partial charge in [0.15, 0.2) is 0 Å². The molecule has 0 aromatic carbocycles. The second-order valence-electron chi connectivity index (χ2n) is 5.00. The van der Waals surface area contributed by atoms with Crippen molar-refractivity contribution in [3.8, 4) is 0 Å². The molecular weight excluding hydrogens is 260 g/mol. The average molecular weight is 278 g/mol. The van der Waals surface area contributed by atoms with Crippen LogP contribution in [0, 0.1) is 13.8 Å². The van der Waals surface area contributed by atoms with Crippen LogP contribution in [0.5, 0.6) is 0 Å². The van der Waals surface area contributed by atoms with Crippen LogP contribution in [0.25, 0.3) is 10.2 Å².